The van der Waals surface area contributed by atoms with Gasteiger partial charge in [-0.25, -0.2) is 4.79 Å². The summed E-state index contributed by atoms with van der Waals surface area (Å²) in [7, 11) is 1.73. The van der Waals surface area contributed by atoms with Crippen LogP contribution in [0.15, 0.2) is 30.0 Å². The number of fused-ring (bicyclic) bond motifs is 1. The molecule has 0 saturated carbocycles. The topological polar surface area (TPSA) is 124 Å². The molecule has 0 unspecified atom stereocenters. The van der Waals surface area contributed by atoms with Crippen molar-refractivity contribution in [3.63, 3.8) is 0 Å². The van der Waals surface area contributed by atoms with Gasteiger partial charge in [0.15, 0.2) is 0 Å². The summed E-state index contributed by atoms with van der Waals surface area (Å²) in [5, 5.41) is 19.4. The molecular formula is C18H21N3O5. The fraction of sp³-hybridized carbons (Fsp3) is 0.389. The number of aliphatic hydroxyl groups is 1. The van der Waals surface area contributed by atoms with E-state index in [4.69, 9.17) is 5.73 Å². The van der Waals surface area contributed by atoms with Crippen molar-refractivity contribution in [2.75, 3.05) is 18.5 Å². The van der Waals surface area contributed by atoms with E-state index in [1.165, 1.54) is 4.90 Å². The third kappa shape index (κ3) is 2.82. The van der Waals surface area contributed by atoms with Gasteiger partial charge in [0.25, 0.3) is 0 Å². The SMILES string of the molecule is C[C@@H](O)[C@H]1C(=O)N2C(C(=O)O)=C(c3ccc(N(C)CC(N)=O)cc3)C[C@H]12. The number of amides is 2. The number of anilines is 1. The summed E-state index contributed by atoms with van der Waals surface area (Å²) in [6.45, 7) is 1.62. The second-order valence-electron chi connectivity index (χ2n) is 6.75. The Hall–Kier alpha value is -2.87. The molecule has 2 aliphatic heterocycles. The summed E-state index contributed by atoms with van der Waals surface area (Å²) >= 11 is 0. The van der Waals surface area contributed by atoms with Crippen LogP contribution in [0.2, 0.25) is 0 Å². The van der Waals surface area contributed by atoms with Crippen molar-refractivity contribution >= 4 is 29.0 Å². The van der Waals surface area contributed by atoms with Crippen LogP contribution in [0.5, 0.6) is 0 Å². The zero-order valence-electron chi connectivity index (χ0n) is 14.5. The standard InChI is InChI=1S/C18H21N3O5/c1-9(22)15-13-7-12(16(18(25)26)21(13)17(15)24)10-3-5-11(6-4-10)20(2)8-14(19)23/h3-6,9,13,15,22H,7-8H2,1-2H3,(H2,19,23)(H,25,26)/t9-,13-,15-/m1/s1. The Morgan fingerprint density at radius 1 is 1.35 bits per heavy atom. The molecule has 26 heavy (non-hydrogen) atoms. The van der Waals surface area contributed by atoms with Crippen LogP contribution in [0.1, 0.15) is 18.9 Å². The molecule has 0 radical (unpaired) electrons. The average Bonchev–Trinajstić information content (AvgIpc) is 2.89. The van der Waals surface area contributed by atoms with E-state index in [2.05, 4.69) is 0 Å². The van der Waals surface area contributed by atoms with Gasteiger partial charge in [-0.05, 0) is 36.6 Å². The fourth-order valence-corrected chi connectivity index (χ4v) is 3.77. The largest absolute Gasteiger partial charge is 0.477 e. The van der Waals surface area contributed by atoms with Gasteiger partial charge < -0.3 is 25.7 Å². The Labute approximate surface area is 150 Å². The molecule has 4 N–H and O–H groups in total. The van der Waals surface area contributed by atoms with Gasteiger partial charge in [-0.2, -0.15) is 0 Å². The van der Waals surface area contributed by atoms with E-state index in [9.17, 15) is 24.6 Å². The van der Waals surface area contributed by atoms with Crippen LogP contribution < -0.4 is 10.6 Å². The maximum absolute atomic E-state index is 12.2. The number of carbonyl (C=O) groups excluding carboxylic acids is 2. The number of hydrogen-bond acceptors (Lipinski definition) is 5. The highest BCUT2D eigenvalue weighted by atomic mass is 16.4. The van der Waals surface area contributed by atoms with Gasteiger partial charge in [-0.15, -0.1) is 0 Å². The van der Waals surface area contributed by atoms with Crippen LogP contribution >= 0.6 is 0 Å². The number of β-lactam (4-membered cyclic amide) rings is 1. The van der Waals surface area contributed by atoms with Crippen LogP contribution in [0, 0.1) is 5.92 Å². The van der Waals surface area contributed by atoms with Gasteiger partial charge in [0.05, 0.1) is 24.6 Å². The predicted molar refractivity (Wildman–Crippen MR) is 93.9 cm³/mol. The zero-order chi connectivity index (χ0) is 19.2. The molecule has 2 aliphatic rings. The third-order valence-corrected chi connectivity index (χ3v) is 4.98. The van der Waals surface area contributed by atoms with E-state index < -0.39 is 23.9 Å². The number of aliphatic carboxylic acids is 1. The second kappa shape index (κ2) is 6.45. The van der Waals surface area contributed by atoms with Crippen molar-refractivity contribution in [2.45, 2.75) is 25.5 Å². The molecular weight excluding hydrogens is 338 g/mol. The molecule has 3 rings (SSSR count). The highest BCUT2D eigenvalue weighted by Gasteiger charge is 2.56. The summed E-state index contributed by atoms with van der Waals surface area (Å²) in [4.78, 5) is 38.0. The smallest absolute Gasteiger partial charge is 0.352 e. The molecule has 8 nitrogen and oxygen atoms in total. The summed E-state index contributed by atoms with van der Waals surface area (Å²) < 4.78 is 0. The molecule has 3 atom stereocenters. The summed E-state index contributed by atoms with van der Waals surface area (Å²) in [5.74, 6) is -2.52. The first-order valence-electron chi connectivity index (χ1n) is 8.29. The van der Waals surface area contributed by atoms with Crippen molar-refractivity contribution in [1.29, 1.82) is 0 Å². The lowest BCUT2D eigenvalue weighted by atomic mass is 9.82. The first-order valence-corrected chi connectivity index (χ1v) is 8.29. The molecule has 2 heterocycles. The number of likely N-dealkylation sites (N-methyl/N-ethyl adjacent to an activating group) is 1. The molecule has 0 aliphatic carbocycles. The molecule has 2 amide bonds. The van der Waals surface area contributed by atoms with Gasteiger partial charge in [-0.1, -0.05) is 12.1 Å². The maximum Gasteiger partial charge on any atom is 0.352 e. The lowest BCUT2D eigenvalue weighted by molar-refractivity contribution is -0.161. The van der Waals surface area contributed by atoms with Gasteiger partial charge in [0.1, 0.15) is 5.70 Å². The first-order chi connectivity index (χ1) is 12.2. The van der Waals surface area contributed by atoms with Gasteiger partial charge in [0, 0.05) is 12.7 Å². The van der Waals surface area contributed by atoms with E-state index >= 15 is 0 Å². The number of aliphatic hydroxyl groups excluding tert-OH is 1. The average molecular weight is 359 g/mol. The minimum Gasteiger partial charge on any atom is -0.477 e. The number of carbonyl (C=O) groups is 3. The normalized spacial score (nSPS) is 22.7. The number of nitrogens with zero attached hydrogens (tertiary/aromatic N) is 2. The Morgan fingerprint density at radius 3 is 2.46 bits per heavy atom. The van der Waals surface area contributed by atoms with Crippen molar-refractivity contribution in [3.8, 4) is 0 Å². The molecule has 1 saturated heterocycles. The zero-order valence-corrected chi connectivity index (χ0v) is 14.5. The van der Waals surface area contributed by atoms with Gasteiger partial charge in [-0.3, -0.25) is 9.59 Å². The molecule has 0 spiro atoms. The highest BCUT2D eigenvalue weighted by Crippen LogP contribution is 2.47. The van der Waals surface area contributed by atoms with Gasteiger partial charge >= 0.3 is 5.97 Å². The van der Waals surface area contributed by atoms with Crippen molar-refractivity contribution in [2.24, 2.45) is 11.7 Å². The number of rotatable bonds is 6. The summed E-state index contributed by atoms with van der Waals surface area (Å²) in [6, 6.07) is 6.75. The van der Waals surface area contributed by atoms with Crippen LogP contribution in [0.4, 0.5) is 5.69 Å². The number of primary amides is 1. The lowest BCUT2D eigenvalue weighted by Crippen LogP contribution is -2.61. The molecule has 1 aromatic carbocycles. The molecule has 0 bridgehead atoms. The molecule has 8 heteroatoms. The van der Waals surface area contributed by atoms with E-state index in [-0.39, 0.29) is 24.2 Å². The maximum atomic E-state index is 12.2. The molecule has 0 aromatic heterocycles. The molecule has 1 aromatic rings. The first kappa shape index (κ1) is 17.9. The van der Waals surface area contributed by atoms with Crippen molar-refractivity contribution < 1.29 is 24.6 Å². The van der Waals surface area contributed by atoms with Crippen molar-refractivity contribution in [3.05, 3.63) is 35.5 Å². The van der Waals surface area contributed by atoms with Crippen LogP contribution in [-0.4, -0.2) is 58.6 Å². The Bertz CT molecular complexity index is 800. The summed E-state index contributed by atoms with van der Waals surface area (Å²) in [6.07, 6.45) is -0.428. The number of benzene rings is 1. The number of hydrogen-bond donors (Lipinski definition) is 3. The van der Waals surface area contributed by atoms with Crippen molar-refractivity contribution in [1.82, 2.24) is 4.90 Å². The monoisotopic (exact) mass is 359 g/mol. The van der Waals surface area contributed by atoms with Crippen LogP contribution in [-0.2, 0) is 14.4 Å². The summed E-state index contributed by atoms with van der Waals surface area (Å²) in [5.41, 5.74) is 7.21. The predicted octanol–water partition coefficient (Wildman–Crippen LogP) is 0.0153. The minimum atomic E-state index is -1.16. The number of nitrogens with two attached hydrogens (primary N) is 1. The number of carboxylic acids is 1. The van der Waals surface area contributed by atoms with Gasteiger partial charge in [0.2, 0.25) is 11.8 Å². The second-order valence-corrected chi connectivity index (χ2v) is 6.75. The third-order valence-electron chi connectivity index (χ3n) is 4.98. The van der Waals surface area contributed by atoms with Crippen LogP contribution in [0.3, 0.4) is 0 Å². The highest BCUT2D eigenvalue weighted by molar-refractivity contribution is 6.06. The number of carboxylic acid groups (broad SMARTS) is 1. The minimum absolute atomic E-state index is 0.0184. The Morgan fingerprint density at radius 2 is 1.96 bits per heavy atom. The molecule has 1 fully saturated rings. The van der Waals surface area contributed by atoms with E-state index in [0.717, 1.165) is 5.69 Å². The molecule has 138 valence electrons. The van der Waals surface area contributed by atoms with Crippen LogP contribution in [0.25, 0.3) is 5.57 Å². The lowest BCUT2D eigenvalue weighted by Gasteiger charge is -2.44. The Kier molecular flexibility index (Phi) is 4.45. The van der Waals surface area contributed by atoms with E-state index in [1.54, 1.807) is 43.1 Å². The van der Waals surface area contributed by atoms with E-state index in [1.807, 2.05) is 0 Å². The Balaban J connectivity index is 1.90. The van der Waals surface area contributed by atoms with E-state index in [0.29, 0.717) is 17.6 Å². The quantitative estimate of drug-likeness (QED) is 0.615. The fourth-order valence-electron chi connectivity index (χ4n) is 3.77.